The molecule has 2 fully saturated rings. The van der Waals surface area contributed by atoms with Gasteiger partial charge in [-0.15, -0.1) is 24.0 Å². The molecule has 2 atom stereocenters. The first-order valence-corrected chi connectivity index (χ1v) is 9.59. The van der Waals surface area contributed by atoms with Crippen LogP contribution in [0.1, 0.15) is 40.0 Å². The van der Waals surface area contributed by atoms with Gasteiger partial charge in [0.2, 0.25) is 0 Å². The highest BCUT2D eigenvalue weighted by Gasteiger charge is 2.53. The molecular formula is C18H37IN4O2. The Hall–Kier alpha value is -0.120. The predicted octanol–water partition coefficient (Wildman–Crippen LogP) is 2.09. The van der Waals surface area contributed by atoms with E-state index in [-0.39, 0.29) is 29.4 Å². The number of aliphatic imine (C=N–C) groups is 1. The zero-order valence-corrected chi connectivity index (χ0v) is 18.7. The van der Waals surface area contributed by atoms with Gasteiger partial charge in [0, 0.05) is 51.3 Å². The fraction of sp³-hybridized carbons (Fsp3) is 0.944. The van der Waals surface area contributed by atoms with Crippen molar-refractivity contribution in [2.45, 2.75) is 52.2 Å². The first kappa shape index (κ1) is 22.9. The Morgan fingerprint density at radius 3 is 2.48 bits per heavy atom. The second-order valence-electron chi connectivity index (χ2n) is 6.77. The Morgan fingerprint density at radius 2 is 1.92 bits per heavy atom. The molecule has 25 heavy (non-hydrogen) atoms. The lowest BCUT2D eigenvalue weighted by Gasteiger charge is -2.55. The molecular weight excluding hydrogens is 431 g/mol. The van der Waals surface area contributed by atoms with Crippen molar-refractivity contribution in [2.24, 2.45) is 10.4 Å². The summed E-state index contributed by atoms with van der Waals surface area (Å²) in [5, 5.41) is 7.10. The molecule has 0 bridgehead atoms. The summed E-state index contributed by atoms with van der Waals surface area (Å²) in [4.78, 5) is 6.84. The molecule has 0 aromatic carbocycles. The molecule has 6 nitrogen and oxygen atoms in total. The number of morpholine rings is 1. The number of guanidine groups is 1. The van der Waals surface area contributed by atoms with E-state index in [1.807, 2.05) is 7.05 Å². The molecule has 2 N–H and O–H groups in total. The van der Waals surface area contributed by atoms with Crippen LogP contribution in [-0.2, 0) is 9.47 Å². The number of nitrogens with one attached hydrogen (secondary N) is 2. The van der Waals surface area contributed by atoms with Gasteiger partial charge in [-0.05, 0) is 26.2 Å². The van der Waals surface area contributed by atoms with Gasteiger partial charge in [0.1, 0.15) is 0 Å². The predicted molar refractivity (Wildman–Crippen MR) is 114 cm³/mol. The van der Waals surface area contributed by atoms with E-state index in [4.69, 9.17) is 9.47 Å². The van der Waals surface area contributed by atoms with Gasteiger partial charge in [0.25, 0.3) is 0 Å². The van der Waals surface area contributed by atoms with E-state index in [1.165, 1.54) is 0 Å². The highest BCUT2D eigenvalue weighted by molar-refractivity contribution is 14.0. The first-order valence-electron chi connectivity index (χ1n) is 9.59. The van der Waals surface area contributed by atoms with Crippen molar-refractivity contribution < 1.29 is 9.47 Å². The minimum atomic E-state index is 0. The van der Waals surface area contributed by atoms with E-state index < -0.39 is 0 Å². The second kappa shape index (κ2) is 11.6. The van der Waals surface area contributed by atoms with Crippen LogP contribution in [0, 0.1) is 5.41 Å². The third kappa shape index (κ3) is 5.68. The van der Waals surface area contributed by atoms with E-state index in [0.29, 0.717) is 12.1 Å². The Balaban J connectivity index is 0.00000312. The quantitative estimate of drug-likeness (QED) is 0.325. The lowest BCUT2D eigenvalue weighted by atomic mass is 9.58. The van der Waals surface area contributed by atoms with Crippen LogP contribution < -0.4 is 10.6 Å². The van der Waals surface area contributed by atoms with Gasteiger partial charge in [-0.3, -0.25) is 9.89 Å². The van der Waals surface area contributed by atoms with E-state index in [9.17, 15) is 0 Å². The molecule has 1 heterocycles. The molecule has 1 saturated heterocycles. The lowest BCUT2D eigenvalue weighted by molar-refractivity contribution is -0.133. The summed E-state index contributed by atoms with van der Waals surface area (Å²) in [5.41, 5.74) is 0.234. The topological polar surface area (TPSA) is 58.1 Å². The maximum Gasteiger partial charge on any atom is 0.191 e. The number of rotatable bonds is 8. The van der Waals surface area contributed by atoms with Gasteiger partial charge in [-0.1, -0.05) is 13.8 Å². The van der Waals surface area contributed by atoms with E-state index in [0.717, 1.165) is 71.2 Å². The molecule has 1 aliphatic carbocycles. The van der Waals surface area contributed by atoms with Crippen molar-refractivity contribution in [3.63, 3.8) is 0 Å². The third-order valence-electron chi connectivity index (χ3n) is 5.83. The van der Waals surface area contributed by atoms with E-state index in [2.05, 4.69) is 41.3 Å². The molecule has 7 heteroatoms. The minimum absolute atomic E-state index is 0. The zero-order chi connectivity index (χ0) is 17.4. The first-order chi connectivity index (χ1) is 11.7. The zero-order valence-electron chi connectivity index (χ0n) is 16.3. The standard InChI is InChI=1S/C18H36N4O2.HI/c1-5-18(6-2)15(14-16(18)24-7-3)21-17(19-4)20-8-9-22-10-12-23-13-11-22;/h15-16H,5-14H2,1-4H3,(H2,19,20,21);1H. The van der Waals surface area contributed by atoms with Crippen LogP contribution in [0.15, 0.2) is 4.99 Å². The average Bonchev–Trinajstić information content (AvgIpc) is 2.61. The summed E-state index contributed by atoms with van der Waals surface area (Å²) >= 11 is 0. The molecule has 0 radical (unpaired) electrons. The van der Waals surface area contributed by atoms with Crippen LogP contribution in [0.4, 0.5) is 0 Å². The van der Waals surface area contributed by atoms with Crippen LogP contribution in [0.5, 0.6) is 0 Å². The number of halogens is 1. The Bertz CT molecular complexity index is 399. The normalized spacial score (nSPS) is 26.5. The van der Waals surface area contributed by atoms with Crippen LogP contribution in [-0.4, -0.2) is 76.1 Å². The molecule has 0 amide bonds. The highest BCUT2D eigenvalue weighted by Crippen LogP contribution is 2.48. The molecule has 2 aliphatic rings. The monoisotopic (exact) mass is 468 g/mol. The second-order valence-corrected chi connectivity index (χ2v) is 6.77. The van der Waals surface area contributed by atoms with Gasteiger partial charge in [-0.2, -0.15) is 0 Å². The summed E-state index contributed by atoms with van der Waals surface area (Å²) in [7, 11) is 1.85. The summed E-state index contributed by atoms with van der Waals surface area (Å²) in [5.74, 6) is 0.912. The Kier molecular flexibility index (Phi) is 10.6. The fourth-order valence-electron chi connectivity index (χ4n) is 4.10. The SMILES string of the molecule is CCOC1CC(NC(=NC)NCCN2CCOCC2)C1(CC)CC.I. The van der Waals surface area contributed by atoms with Gasteiger partial charge in [-0.25, -0.2) is 0 Å². The summed E-state index contributed by atoms with van der Waals surface area (Å²) in [6.45, 7) is 13.1. The minimum Gasteiger partial charge on any atom is -0.379 e. The molecule has 0 aromatic heterocycles. The van der Waals surface area contributed by atoms with Crippen molar-refractivity contribution in [1.29, 1.82) is 0 Å². The molecule has 2 unspecified atom stereocenters. The van der Waals surface area contributed by atoms with Crippen LogP contribution in [0.3, 0.4) is 0 Å². The summed E-state index contributed by atoms with van der Waals surface area (Å²) < 4.78 is 11.4. The summed E-state index contributed by atoms with van der Waals surface area (Å²) in [6, 6.07) is 0.443. The van der Waals surface area contributed by atoms with Gasteiger partial charge in [0.05, 0.1) is 19.3 Å². The van der Waals surface area contributed by atoms with Crippen molar-refractivity contribution in [3.8, 4) is 0 Å². The maximum atomic E-state index is 5.96. The van der Waals surface area contributed by atoms with Crippen LogP contribution >= 0.6 is 24.0 Å². The van der Waals surface area contributed by atoms with Crippen LogP contribution in [0.2, 0.25) is 0 Å². The highest BCUT2D eigenvalue weighted by atomic mass is 127. The average molecular weight is 468 g/mol. The molecule has 0 spiro atoms. The van der Waals surface area contributed by atoms with E-state index >= 15 is 0 Å². The number of hydrogen-bond donors (Lipinski definition) is 2. The lowest BCUT2D eigenvalue weighted by Crippen LogP contribution is -2.65. The molecule has 1 aliphatic heterocycles. The van der Waals surface area contributed by atoms with Gasteiger partial charge < -0.3 is 20.1 Å². The van der Waals surface area contributed by atoms with Crippen molar-refractivity contribution >= 4 is 29.9 Å². The third-order valence-corrected chi connectivity index (χ3v) is 5.83. The number of ether oxygens (including phenoxy) is 2. The van der Waals surface area contributed by atoms with Gasteiger partial charge >= 0.3 is 0 Å². The molecule has 1 saturated carbocycles. The Labute approximate surface area is 170 Å². The Morgan fingerprint density at radius 1 is 1.24 bits per heavy atom. The van der Waals surface area contributed by atoms with Crippen molar-refractivity contribution in [1.82, 2.24) is 15.5 Å². The fourth-order valence-corrected chi connectivity index (χ4v) is 4.10. The van der Waals surface area contributed by atoms with Crippen molar-refractivity contribution in [3.05, 3.63) is 0 Å². The number of nitrogens with zero attached hydrogens (tertiary/aromatic N) is 2. The largest absolute Gasteiger partial charge is 0.379 e. The maximum absolute atomic E-state index is 5.96. The summed E-state index contributed by atoms with van der Waals surface area (Å²) in [6.07, 6.45) is 3.72. The van der Waals surface area contributed by atoms with E-state index in [1.54, 1.807) is 0 Å². The van der Waals surface area contributed by atoms with Gasteiger partial charge in [0.15, 0.2) is 5.96 Å². The smallest absolute Gasteiger partial charge is 0.191 e. The van der Waals surface area contributed by atoms with Crippen molar-refractivity contribution in [2.75, 3.05) is 53.0 Å². The molecule has 0 aromatic rings. The van der Waals surface area contributed by atoms with Crippen LogP contribution in [0.25, 0.3) is 0 Å². The molecule has 148 valence electrons. The molecule has 2 rings (SSSR count). The number of hydrogen-bond acceptors (Lipinski definition) is 4.